The van der Waals surface area contributed by atoms with Gasteiger partial charge in [-0.3, -0.25) is 4.79 Å². The van der Waals surface area contributed by atoms with Gasteiger partial charge >= 0.3 is 0 Å². The number of carbonyl (C=O) groups is 1. The summed E-state index contributed by atoms with van der Waals surface area (Å²) >= 11 is 1.70. The van der Waals surface area contributed by atoms with Crippen LogP contribution in [0.4, 0.5) is 0 Å². The number of thiophene rings is 1. The Balaban J connectivity index is 1.69. The average molecular weight is 326 g/mol. The predicted molar refractivity (Wildman–Crippen MR) is 96.8 cm³/mol. The van der Waals surface area contributed by atoms with Crippen LogP contribution in [0.1, 0.15) is 30.0 Å². The number of hydrogen-bond acceptors (Lipinski definition) is 2. The monoisotopic (exact) mass is 326 g/mol. The number of fused-ring (bicyclic) bond motifs is 1. The third kappa shape index (κ3) is 3.17. The minimum atomic E-state index is 0.130. The summed E-state index contributed by atoms with van der Waals surface area (Å²) in [4.78, 5) is 15.6. The minimum absolute atomic E-state index is 0.130. The van der Waals surface area contributed by atoms with Crippen molar-refractivity contribution in [1.29, 1.82) is 0 Å². The summed E-state index contributed by atoms with van der Waals surface area (Å²) in [6.07, 6.45) is 0.520. The molecule has 3 nitrogen and oxygen atoms in total. The van der Waals surface area contributed by atoms with Crippen molar-refractivity contribution in [1.82, 2.24) is 9.47 Å². The normalized spacial score (nSPS) is 12.5. The van der Waals surface area contributed by atoms with Crippen LogP contribution in [0.3, 0.4) is 0 Å². The van der Waals surface area contributed by atoms with Crippen molar-refractivity contribution in [2.45, 2.75) is 32.9 Å². The SMILES string of the molecule is Cc1cc2ccccc2n1CCC(=O)N(C)C(C)c1cccs1. The van der Waals surface area contributed by atoms with Gasteiger partial charge in [0.2, 0.25) is 5.91 Å². The molecule has 3 rings (SSSR count). The van der Waals surface area contributed by atoms with Crippen LogP contribution >= 0.6 is 11.3 Å². The van der Waals surface area contributed by atoms with E-state index in [-0.39, 0.29) is 11.9 Å². The molecule has 2 aromatic heterocycles. The lowest BCUT2D eigenvalue weighted by molar-refractivity contribution is -0.131. The maximum Gasteiger partial charge on any atom is 0.224 e. The fourth-order valence-electron chi connectivity index (χ4n) is 2.96. The molecule has 1 aromatic carbocycles. The number of amides is 1. The second-order valence-corrected chi connectivity index (χ2v) is 6.92. The highest BCUT2D eigenvalue weighted by Crippen LogP contribution is 2.24. The van der Waals surface area contributed by atoms with Crippen molar-refractivity contribution in [3.63, 3.8) is 0 Å². The second kappa shape index (κ2) is 6.59. The molecule has 0 fully saturated rings. The molecular formula is C19H22N2OS. The van der Waals surface area contributed by atoms with Crippen molar-refractivity contribution in [2.75, 3.05) is 7.05 Å². The zero-order valence-electron chi connectivity index (χ0n) is 13.8. The van der Waals surface area contributed by atoms with E-state index in [1.165, 1.54) is 21.5 Å². The van der Waals surface area contributed by atoms with Crippen LogP contribution in [0.15, 0.2) is 47.8 Å². The molecule has 0 aliphatic heterocycles. The Morgan fingerprint density at radius 1 is 1.26 bits per heavy atom. The number of nitrogens with zero attached hydrogens (tertiary/aromatic N) is 2. The summed E-state index contributed by atoms with van der Waals surface area (Å²) in [7, 11) is 1.90. The Kier molecular flexibility index (Phi) is 4.53. The molecule has 23 heavy (non-hydrogen) atoms. The summed E-state index contributed by atoms with van der Waals surface area (Å²) in [6, 6.07) is 14.8. The molecule has 2 heterocycles. The smallest absolute Gasteiger partial charge is 0.224 e. The van der Waals surface area contributed by atoms with E-state index < -0.39 is 0 Å². The summed E-state index contributed by atoms with van der Waals surface area (Å²) in [5.41, 5.74) is 2.40. The topological polar surface area (TPSA) is 25.2 Å². The summed E-state index contributed by atoms with van der Waals surface area (Å²) < 4.78 is 2.23. The molecule has 0 aliphatic carbocycles. The van der Waals surface area contributed by atoms with Crippen molar-refractivity contribution < 1.29 is 4.79 Å². The molecule has 120 valence electrons. The molecular weight excluding hydrogens is 304 g/mol. The molecule has 0 spiro atoms. The third-order valence-corrected chi connectivity index (χ3v) is 5.54. The van der Waals surface area contributed by atoms with Crippen LogP contribution < -0.4 is 0 Å². The van der Waals surface area contributed by atoms with Gasteiger partial charge in [-0.05, 0) is 42.8 Å². The molecule has 0 N–H and O–H groups in total. The lowest BCUT2D eigenvalue weighted by Gasteiger charge is -2.24. The Morgan fingerprint density at radius 3 is 2.78 bits per heavy atom. The van der Waals surface area contributed by atoms with Crippen LogP contribution in [0.5, 0.6) is 0 Å². The van der Waals surface area contributed by atoms with Crippen molar-refractivity contribution in [3.8, 4) is 0 Å². The molecule has 0 saturated carbocycles. The predicted octanol–water partition coefficient (Wildman–Crippen LogP) is 4.62. The van der Waals surface area contributed by atoms with Gasteiger partial charge in [-0.1, -0.05) is 24.3 Å². The van der Waals surface area contributed by atoms with E-state index in [9.17, 15) is 4.79 Å². The van der Waals surface area contributed by atoms with E-state index in [2.05, 4.69) is 48.1 Å². The fraction of sp³-hybridized carbons (Fsp3) is 0.316. The highest BCUT2D eigenvalue weighted by molar-refractivity contribution is 7.10. The van der Waals surface area contributed by atoms with Crippen molar-refractivity contribution in [2.24, 2.45) is 0 Å². The number of hydrogen-bond donors (Lipinski definition) is 0. The van der Waals surface area contributed by atoms with Gasteiger partial charge in [0, 0.05) is 36.1 Å². The van der Waals surface area contributed by atoms with Gasteiger partial charge in [0.15, 0.2) is 0 Å². The molecule has 0 saturated heterocycles. The van der Waals surface area contributed by atoms with Gasteiger partial charge < -0.3 is 9.47 Å². The lowest BCUT2D eigenvalue weighted by Crippen LogP contribution is -2.30. The molecule has 4 heteroatoms. The number of carbonyl (C=O) groups excluding carboxylic acids is 1. The Hall–Kier alpha value is -2.07. The van der Waals surface area contributed by atoms with Crippen LogP contribution in [0, 0.1) is 6.92 Å². The maximum atomic E-state index is 12.5. The van der Waals surface area contributed by atoms with Gasteiger partial charge in [-0.15, -0.1) is 11.3 Å². The Morgan fingerprint density at radius 2 is 2.04 bits per heavy atom. The molecule has 3 aromatic rings. The van der Waals surface area contributed by atoms with E-state index >= 15 is 0 Å². The van der Waals surface area contributed by atoms with E-state index in [1.54, 1.807) is 11.3 Å². The van der Waals surface area contributed by atoms with Gasteiger partial charge in [-0.2, -0.15) is 0 Å². The molecule has 1 unspecified atom stereocenters. The number of aryl methyl sites for hydroxylation is 2. The first-order chi connectivity index (χ1) is 11.1. The van der Waals surface area contributed by atoms with Crippen LogP contribution in [0.25, 0.3) is 10.9 Å². The summed E-state index contributed by atoms with van der Waals surface area (Å²) in [5.74, 6) is 0.183. The van der Waals surface area contributed by atoms with Gasteiger partial charge in [0.25, 0.3) is 0 Å². The number of rotatable bonds is 5. The number of para-hydroxylation sites is 1. The minimum Gasteiger partial charge on any atom is -0.344 e. The van der Waals surface area contributed by atoms with E-state index in [0.29, 0.717) is 6.42 Å². The third-order valence-electron chi connectivity index (χ3n) is 4.50. The highest BCUT2D eigenvalue weighted by Gasteiger charge is 2.18. The number of aromatic nitrogens is 1. The first-order valence-electron chi connectivity index (χ1n) is 7.92. The van der Waals surface area contributed by atoms with E-state index in [1.807, 2.05) is 30.1 Å². The fourth-order valence-corrected chi connectivity index (χ4v) is 3.79. The number of benzene rings is 1. The first-order valence-corrected chi connectivity index (χ1v) is 8.80. The van der Waals surface area contributed by atoms with Crippen molar-refractivity contribution in [3.05, 3.63) is 58.4 Å². The molecule has 1 amide bonds. The first kappa shape index (κ1) is 15.8. The van der Waals surface area contributed by atoms with Crippen molar-refractivity contribution >= 4 is 28.1 Å². The molecule has 0 radical (unpaired) electrons. The molecule has 1 atom stereocenters. The van der Waals surface area contributed by atoms with E-state index in [0.717, 1.165) is 6.54 Å². The largest absolute Gasteiger partial charge is 0.344 e. The standard InChI is InChI=1S/C19H22N2OS/c1-14-13-16-7-4-5-8-17(16)21(14)11-10-19(22)20(3)15(2)18-9-6-12-23-18/h4-9,12-13,15H,10-11H2,1-3H3. The lowest BCUT2D eigenvalue weighted by atomic mass is 10.2. The molecule has 0 bridgehead atoms. The zero-order valence-corrected chi connectivity index (χ0v) is 14.6. The van der Waals surface area contributed by atoms with Gasteiger partial charge in [-0.25, -0.2) is 0 Å². The maximum absolute atomic E-state index is 12.5. The average Bonchev–Trinajstić information content (AvgIpc) is 3.18. The Labute approximate surface area is 141 Å². The van der Waals surface area contributed by atoms with Crippen LogP contribution in [0.2, 0.25) is 0 Å². The summed E-state index contributed by atoms with van der Waals surface area (Å²) in [5, 5.41) is 3.29. The molecule has 0 aliphatic rings. The van der Waals surface area contributed by atoms with Crippen LogP contribution in [-0.4, -0.2) is 22.4 Å². The van der Waals surface area contributed by atoms with E-state index in [4.69, 9.17) is 0 Å². The Bertz CT molecular complexity index is 804. The highest BCUT2D eigenvalue weighted by atomic mass is 32.1. The quantitative estimate of drug-likeness (QED) is 0.671. The van der Waals surface area contributed by atoms with Gasteiger partial charge in [0.1, 0.15) is 0 Å². The second-order valence-electron chi connectivity index (χ2n) is 5.94. The van der Waals surface area contributed by atoms with Gasteiger partial charge in [0.05, 0.1) is 6.04 Å². The zero-order chi connectivity index (χ0) is 16.4. The van der Waals surface area contributed by atoms with Crippen LogP contribution in [-0.2, 0) is 11.3 Å². The summed E-state index contributed by atoms with van der Waals surface area (Å²) in [6.45, 7) is 4.90.